The molecule has 0 aliphatic rings. The van der Waals surface area contributed by atoms with Crippen molar-refractivity contribution in [2.45, 2.75) is 19.5 Å². The summed E-state index contributed by atoms with van der Waals surface area (Å²) in [4.78, 5) is 6.52. The summed E-state index contributed by atoms with van der Waals surface area (Å²) in [5, 5.41) is 3.94. The summed E-state index contributed by atoms with van der Waals surface area (Å²) in [6.45, 7) is 2.74. The molecular weight excluding hydrogens is 266 g/mol. The number of hydrogen-bond acceptors (Lipinski definition) is 5. The molecule has 0 saturated carbocycles. The summed E-state index contributed by atoms with van der Waals surface area (Å²) in [5.74, 6) is 1.67. The summed E-state index contributed by atoms with van der Waals surface area (Å²) in [6, 6.07) is 14.2. The molecule has 0 unspecified atom stereocenters. The maximum Gasteiger partial charge on any atom is 0.241 e. The summed E-state index contributed by atoms with van der Waals surface area (Å²) >= 11 is 0. The maximum absolute atomic E-state index is 5.28. The molecule has 3 rings (SSSR count). The van der Waals surface area contributed by atoms with E-state index in [4.69, 9.17) is 8.94 Å². The van der Waals surface area contributed by atoms with Gasteiger partial charge in [0, 0.05) is 6.04 Å². The Morgan fingerprint density at radius 1 is 1.14 bits per heavy atom. The molecule has 0 aliphatic heterocycles. The third-order valence-corrected chi connectivity index (χ3v) is 3.54. The first-order valence-corrected chi connectivity index (χ1v) is 6.85. The average molecular weight is 283 g/mol. The van der Waals surface area contributed by atoms with E-state index >= 15 is 0 Å². The largest absolute Gasteiger partial charge is 0.461 e. The molecule has 0 radical (unpaired) electrons. The van der Waals surface area contributed by atoms with Crippen LogP contribution in [0.1, 0.15) is 24.4 Å². The lowest BCUT2D eigenvalue weighted by atomic mass is 10.1. The van der Waals surface area contributed by atoms with Crippen LogP contribution in [0.2, 0.25) is 0 Å². The van der Waals surface area contributed by atoms with Gasteiger partial charge in [0.15, 0.2) is 5.76 Å². The van der Waals surface area contributed by atoms with Gasteiger partial charge in [-0.1, -0.05) is 35.5 Å². The van der Waals surface area contributed by atoms with Gasteiger partial charge in [-0.3, -0.25) is 4.90 Å². The van der Waals surface area contributed by atoms with Crippen molar-refractivity contribution in [2.75, 3.05) is 7.05 Å². The van der Waals surface area contributed by atoms with Gasteiger partial charge in [0.1, 0.15) is 0 Å². The van der Waals surface area contributed by atoms with Crippen LogP contribution in [0.4, 0.5) is 0 Å². The number of benzene rings is 1. The Morgan fingerprint density at radius 3 is 2.67 bits per heavy atom. The number of rotatable bonds is 5. The van der Waals surface area contributed by atoms with Gasteiger partial charge < -0.3 is 8.94 Å². The van der Waals surface area contributed by atoms with Gasteiger partial charge in [-0.15, -0.1) is 0 Å². The van der Waals surface area contributed by atoms with Crippen LogP contribution in [0.15, 0.2) is 57.7 Å². The Hall–Kier alpha value is -2.40. The number of furan rings is 1. The molecule has 1 atom stereocenters. The normalized spacial score (nSPS) is 12.7. The van der Waals surface area contributed by atoms with E-state index in [0.717, 1.165) is 0 Å². The molecule has 2 heterocycles. The molecule has 0 aliphatic carbocycles. The second-order valence-corrected chi connectivity index (χ2v) is 4.99. The fourth-order valence-electron chi connectivity index (χ4n) is 2.16. The third-order valence-electron chi connectivity index (χ3n) is 3.54. The van der Waals surface area contributed by atoms with Crippen LogP contribution in [0.3, 0.4) is 0 Å². The van der Waals surface area contributed by atoms with Crippen LogP contribution >= 0.6 is 0 Å². The second-order valence-electron chi connectivity index (χ2n) is 4.99. The predicted octanol–water partition coefficient (Wildman–Crippen LogP) is 3.52. The fraction of sp³-hybridized carbons (Fsp3) is 0.250. The average Bonchev–Trinajstić information content (AvgIpc) is 3.18. The van der Waals surface area contributed by atoms with Crippen molar-refractivity contribution >= 4 is 0 Å². The SMILES string of the molecule is C[C@H](c1ccccc1)N(C)Cc1nc(-c2ccco2)no1. The van der Waals surface area contributed by atoms with E-state index in [1.807, 2.05) is 31.3 Å². The van der Waals surface area contributed by atoms with E-state index in [2.05, 4.69) is 34.1 Å². The highest BCUT2D eigenvalue weighted by atomic mass is 16.5. The minimum atomic E-state index is 0.269. The zero-order valence-corrected chi connectivity index (χ0v) is 12.1. The zero-order valence-electron chi connectivity index (χ0n) is 12.1. The minimum Gasteiger partial charge on any atom is -0.461 e. The molecule has 2 aromatic heterocycles. The highest BCUT2D eigenvalue weighted by molar-refractivity contribution is 5.44. The summed E-state index contributed by atoms with van der Waals surface area (Å²) in [6.07, 6.45) is 1.59. The van der Waals surface area contributed by atoms with Gasteiger partial charge >= 0.3 is 0 Å². The van der Waals surface area contributed by atoms with E-state index in [-0.39, 0.29) is 6.04 Å². The standard InChI is InChI=1S/C16H17N3O2/c1-12(13-7-4-3-5-8-13)19(2)11-15-17-16(18-21-15)14-9-6-10-20-14/h3-10,12H,11H2,1-2H3/t12-/m1/s1. The lowest BCUT2D eigenvalue weighted by Gasteiger charge is -2.23. The first-order valence-electron chi connectivity index (χ1n) is 6.85. The highest BCUT2D eigenvalue weighted by Crippen LogP contribution is 2.21. The molecule has 0 fully saturated rings. The zero-order chi connectivity index (χ0) is 14.7. The smallest absolute Gasteiger partial charge is 0.241 e. The van der Waals surface area contributed by atoms with Crippen LogP contribution < -0.4 is 0 Å². The van der Waals surface area contributed by atoms with Crippen LogP contribution in [-0.4, -0.2) is 22.1 Å². The molecule has 5 heteroatoms. The third kappa shape index (κ3) is 3.03. The van der Waals surface area contributed by atoms with Gasteiger partial charge in [0.05, 0.1) is 12.8 Å². The maximum atomic E-state index is 5.28. The van der Waals surface area contributed by atoms with Crippen molar-refractivity contribution in [2.24, 2.45) is 0 Å². The Labute approximate surface area is 123 Å². The molecular formula is C16H17N3O2. The number of nitrogens with zero attached hydrogens (tertiary/aromatic N) is 3. The molecule has 21 heavy (non-hydrogen) atoms. The van der Waals surface area contributed by atoms with Crippen molar-refractivity contribution in [3.05, 3.63) is 60.2 Å². The van der Waals surface area contributed by atoms with Gasteiger partial charge in [-0.25, -0.2) is 0 Å². The molecule has 108 valence electrons. The lowest BCUT2D eigenvalue weighted by Crippen LogP contribution is -2.22. The quantitative estimate of drug-likeness (QED) is 0.717. The number of hydrogen-bond donors (Lipinski definition) is 0. The van der Waals surface area contributed by atoms with E-state index in [0.29, 0.717) is 24.0 Å². The van der Waals surface area contributed by atoms with Gasteiger partial charge in [0.25, 0.3) is 0 Å². The van der Waals surface area contributed by atoms with E-state index in [1.165, 1.54) is 5.56 Å². The molecule has 1 aromatic carbocycles. The Morgan fingerprint density at radius 2 is 1.95 bits per heavy atom. The monoisotopic (exact) mass is 283 g/mol. The predicted molar refractivity (Wildman–Crippen MR) is 78.3 cm³/mol. The van der Waals surface area contributed by atoms with Crippen molar-refractivity contribution in [3.63, 3.8) is 0 Å². The van der Waals surface area contributed by atoms with Crippen LogP contribution in [0, 0.1) is 0 Å². The summed E-state index contributed by atoms with van der Waals surface area (Å²) in [7, 11) is 2.04. The fourth-order valence-corrected chi connectivity index (χ4v) is 2.16. The molecule has 0 N–H and O–H groups in total. The topological polar surface area (TPSA) is 55.3 Å². The molecule has 0 saturated heterocycles. The molecule has 0 amide bonds. The molecule has 0 bridgehead atoms. The van der Waals surface area contributed by atoms with Crippen molar-refractivity contribution in [1.82, 2.24) is 15.0 Å². The lowest BCUT2D eigenvalue weighted by molar-refractivity contribution is 0.216. The van der Waals surface area contributed by atoms with E-state index in [9.17, 15) is 0 Å². The number of aromatic nitrogens is 2. The Kier molecular flexibility index (Phi) is 3.83. The Balaban J connectivity index is 1.69. The van der Waals surface area contributed by atoms with Crippen LogP contribution in [0.25, 0.3) is 11.6 Å². The van der Waals surface area contributed by atoms with Gasteiger partial charge in [0.2, 0.25) is 11.7 Å². The van der Waals surface area contributed by atoms with Gasteiger partial charge in [-0.05, 0) is 31.7 Å². The minimum absolute atomic E-state index is 0.269. The van der Waals surface area contributed by atoms with Crippen molar-refractivity contribution in [3.8, 4) is 11.6 Å². The first-order chi connectivity index (χ1) is 10.2. The van der Waals surface area contributed by atoms with Gasteiger partial charge in [-0.2, -0.15) is 4.98 Å². The van der Waals surface area contributed by atoms with Crippen LogP contribution in [-0.2, 0) is 6.54 Å². The summed E-state index contributed by atoms with van der Waals surface area (Å²) < 4.78 is 10.5. The summed E-state index contributed by atoms with van der Waals surface area (Å²) in [5.41, 5.74) is 1.26. The van der Waals surface area contributed by atoms with Crippen molar-refractivity contribution < 1.29 is 8.94 Å². The van der Waals surface area contributed by atoms with E-state index in [1.54, 1.807) is 12.3 Å². The molecule has 5 nitrogen and oxygen atoms in total. The van der Waals surface area contributed by atoms with Crippen molar-refractivity contribution in [1.29, 1.82) is 0 Å². The first kappa shape index (κ1) is 13.6. The Bertz CT molecular complexity index is 677. The molecule has 0 spiro atoms. The van der Waals surface area contributed by atoms with E-state index < -0.39 is 0 Å². The highest BCUT2D eigenvalue weighted by Gasteiger charge is 2.16. The molecule has 3 aromatic rings. The second kappa shape index (κ2) is 5.93. The van der Waals surface area contributed by atoms with Crippen LogP contribution in [0.5, 0.6) is 0 Å².